The van der Waals surface area contributed by atoms with E-state index in [1.165, 1.54) is 12.1 Å². The zero-order valence-corrected chi connectivity index (χ0v) is 12.2. The molecule has 0 aliphatic carbocycles. The first-order chi connectivity index (χ1) is 10.0. The van der Waals surface area contributed by atoms with Crippen molar-refractivity contribution in [2.24, 2.45) is 0 Å². The van der Waals surface area contributed by atoms with Crippen LogP contribution in [0.2, 0.25) is 10.0 Å². The summed E-state index contributed by atoms with van der Waals surface area (Å²) in [6.45, 7) is 0. The van der Waals surface area contributed by atoms with Crippen LogP contribution in [0.15, 0.2) is 46.9 Å². The Morgan fingerprint density at radius 3 is 2.43 bits per heavy atom. The number of hydrogen-bond acceptors (Lipinski definition) is 3. The van der Waals surface area contributed by atoms with Crippen molar-refractivity contribution in [1.82, 2.24) is 0 Å². The second-order valence-electron chi connectivity index (χ2n) is 4.46. The maximum absolute atomic E-state index is 12.2. The van der Waals surface area contributed by atoms with Gasteiger partial charge in [0.15, 0.2) is 5.76 Å². The van der Waals surface area contributed by atoms with Crippen molar-refractivity contribution in [2.75, 3.05) is 11.1 Å². The molecule has 1 amide bonds. The molecule has 3 N–H and O–H groups in total. The van der Waals surface area contributed by atoms with Gasteiger partial charge >= 0.3 is 0 Å². The number of para-hydroxylation sites is 1. The van der Waals surface area contributed by atoms with Crippen molar-refractivity contribution in [2.45, 2.75) is 0 Å². The highest BCUT2D eigenvalue weighted by molar-refractivity contribution is 6.39. The molecule has 4 nitrogen and oxygen atoms in total. The number of benzene rings is 2. The third kappa shape index (κ3) is 2.68. The van der Waals surface area contributed by atoms with Crippen LogP contribution in [-0.4, -0.2) is 5.91 Å². The summed E-state index contributed by atoms with van der Waals surface area (Å²) in [7, 11) is 0. The molecule has 0 radical (unpaired) electrons. The van der Waals surface area contributed by atoms with Crippen LogP contribution >= 0.6 is 23.2 Å². The van der Waals surface area contributed by atoms with E-state index in [-0.39, 0.29) is 27.4 Å². The molecule has 106 valence electrons. The van der Waals surface area contributed by atoms with Crippen molar-refractivity contribution in [3.8, 4) is 0 Å². The van der Waals surface area contributed by atoms with E-state index in [1.54, 1.807) is 12.1 Å². The lowest BCUT2D eigenvalue weighted by molar-refractivity contribution is 0.0998. The number of nitrogens with one attached hydrogen (secondary N) is 1. The zero-order chi connectivity index (χ0) is 15.0. The summed E-state index contributed by atoms with van der Waals surface area (Å²) in [5.74, 6) is -0.177. The highest BCUT2D eigenvalue weighted by atomic mass is 35.5. The van der Waals surface area contributed by atoms with Crippen molar-refractivity contribution in [3.05, 3.63) is 58.3 Å². The molecule has 0 spiro atoms. The number of furan rings is 1. The number of anilines is 2. The first kappa shape index (κ1) is 13.8. The summed E-state index contributed by atoms with van der Waals surface area (Å²) >= 11 is 11.9. The van der Waals surface area contributed by atoms with Crippen LogP contribution in [0.5, 0.6) is 0 Å². The fourth-order valence-electron chi connectivity index (χ4n) is 1.94. The minimum atomic E-state index is -0.386. The molecule has 0 saturated carbocycles. The molecular weight excluding hydrogens is 311 g/mol. The van der Waals surface area contributed by atoms with Gasteiger partial charge in [0.25, 0.3) is 5.91 Å². The van der Waals surface area contributed by atoms with E-state index in [1.807, 2.05) is 18.2 Å². The van der Waals surface area contributed by atoms with E-state index in [9.17, 15) is 4.79 Å². The van der Waals surface area contributed by atoms with E-state index < -0.39 is 0 Å². The van der Waals surface area contributed by atoms with Gasteiger partial charge in [-0.3, -0.25) is 4.79 Å². The Bertz CT molecular complexity index is 787. The summed E-state index contributed by atoms with van der Waals surface area (Å²) in [6.07, 6.45) is 0. The SMILES string of the molecule is Nc1c(Cl)cc(NC(=O)c2cc3ccccc3o2)cc1Cl. The van der Waals surface area contributed by atoms with Gasteiger partial charge in [-0.15, -0.1) is 0 Å². The number of nitrogens with two attached hydrogens (primary N) is 1. The van der Waals surface area contributed by atoms with Crippen LogP contribution in [0.4, 0.5) is 11.4 Å². The third-order valence-corrected chi connectivity index (χ3v) is 3.61. The number of nitrogen functional groups attached to an aromatic ring is 1. The monoisotopic (exact) mass is 320 g/mol. The molecule has 3 aromatic rings. The van der Waals surface area contributed by atoms with Gasteiger partial charge < -0.3 is 15.5 Å². The average Bonchev–Trinajstić information content (AvgIpc) is 2.88. The molecule has 6 heteroatoms. The van der Waals surface area contributed by atoms with Crippen LogP contribution in [0.1, 0.15) is 10.6 Å². The molecule has 0 aliphatic rings. The van der Waals surface area contributed by atoms with Gasteiger partial charge in [0.05, 0.1) is 15.7 Å². The van der Waals surface area contributed by atoms with Gasteiger partial charge in [0.1, 0.15) is 5.58 Å². The molecule has 0 unspecified atom stereocenters. The number of amides is 1. The number of rotatable bonds is 2. The molecule has 21 heavy (non-hydrogen) atoms. The summed E-state index contributed by atoms with van der Waals surface area (Å²) in [5, 5.41) is 4.09. The fraction of sp³-hybridized carbons (Fsp3) is 0. The highest BCUT2D eigenvalue weighted by Gasteiger charge is 2.13. The van der Waals surface area contributed by atoms with E-state index in [2.05, 4.69) is 5.32 Å². The lowest BCUT2D eigenvalue weighted by atomic mass is 10.2. The Morgan fingerprint density at radius 2 is 1.76 bits per heavy atom. The first-order valence-electron chi connectivity index (χ1n) is 6.09. The molecule has 1 heterocycles. The van der Waals surface area contributed by atoms with Gasteiger partial charge in [-0.2, -0.15) is 0 Å². The van der Waals surface area contributed by atoms with Crippen LogP contribution in [0, 0.1) is 0 Å². The Morgan fingerprint density at radius 1 is 1.10 bits per heavy atom. The predicted octanol–water partition coefficient (Wildman–Crippen LogP) is 4.57. The maximum atomic E-state index is 12.2. The average molecular weight is 321 g/mol. The van der Waals surface area contributed by atoms with Gasteiger partial charge in [0.2, 0.25) is 0 Å². The van der Waals surface area contributed by atoms with Crippen molar-refractivity contribution >= 4 is 51.5 Å². The Hall–Kier alpha value is -2.17. The van der Waals surface area contributed by atoms with Crippen LogP contribution < -0.4 is 11.1 Å². The van der Waals surface area contributed by atoms with Crippen LogP contribution in [0.25, 0.3) is 11.0 Å². The topological polar surface area (TPSA) is 68.3 Å². The lowest BCUT2D eigenvalue weighted by Crippen LogP contribution is -2.11. The predicted molar refractivity (Wildman–Crippen MR) is 85.0 cm³/mol. The third-order valence-electron chi connectivity index (χ3n) is 2.99. The van der Waals surface area contributed by atoms with Gasteiger partial charge in [-0.05, 0) is 24.3 Å². The highest BCUT2D eigenvalue weighted by Crippen LogP contribution is 2.31. The smallest absolute Gasteiger partial charge is 0.291 e. The number of halogens is 2. The molecule has 1 aromatic heterocycles. The lowest BCUT2D eigenvalue weighted by Gasteiger charge is -2.07. The molecule has 3 rings (SSSR count). The molecule has 2 aromatic carbocycles. The number of carbonyl (C=O) groups excluding carboxylic acids is 1. The number of fused-ring (bicyclic) bond motifs is 1. The van der Waals surface area contributed by atoms with Crippen molar-refractivity contribution in [3.63, 3.8) is 0 Å². The maximum Gasteiger partial charge on any atom is 0.291 e. The quantitative estimate of drug-likeness (QED) is 0.679. The Balaban J connectivity index is 1.89. The van der Waals surface area contributed by atoms with E-state index in [0.717, 1.165) is 5.39 Å². The normalized spacial score (nSPS) is 10.8. The van der Waals surface area contributed by atoms with Gasteiger partial charge in [-0.25, -0.2) is 0 Å². The van der Waals surface area contributed by atoms with Crippen LogP contribution in [0.3, 0.4) is 0 Å². The first-order valence-corrected chi connectivity index (χ1v) is 6.84. The van der Waals surface area contributed by atoms with Crippen LogP contribution in [-0.2, 0) is 0 Å². The number of hydrogen-bond donors (Lipinski definition) is 2. The Labute approximate surface area is 130 Å². The molecule has 0 aliphatic heterocycles. The summed E-state index contributed by atoms with van der Waals surface area (Å²) < 4.78 is 5.48. The molecule has 0 fully saturated rings. The second kappa shape index (κ2) is 5.31. The number of carbonyl (C=O) groups is 1. The largest absolute Gasteiger partial charge is 0.451 e. The minimum absolute atomic E-state index is 0.209. The summed E-state index contributed by atoms with van der Waals surface area (Å²) in [6, 6.07) is 12.1. The second-order valence-corrected chi connectivity index (χ2v) is 5.27. The summed E-state index contributed by atoms with van der Waals surface area (Å²) in [5.41, 5.74) is 7.02. The fourth-order valence-corrected chi connectivity index (χ4v) is 2.43. The standard InChI is InChI=1S/C15H10Cl2N2O2/c16-10-6-9(7-11(17)14(10)18)19-15(20)13-5-8-3-1-2-4-12(8)21-13/h1-7H,18H2,(H,19,20). The van der Waals surface area contributed by atoms with Crippen molar-refractivity contribution < 1.29 is 9.21 Å². The van der Waals surface area contributed by atoms with E-state index in [0.29, 0.717) is 11.3 Å². The zero-order valence-electron chi connectivity index (χ0n) is 10.7. The van der Waals surface area contributed by atoms with Gasteiger partial charge in [0, 0.05) is 11.1 Å². The Kier molecular flexibility index (Phi) is 3.49. The van der Waals surface area contributed by atoms with E-state index in [4.69, 9.17) is 33.4 Å². The molecule has 0 bridgehead atoms. The molecular formula is C15H10Cl2N2O2. The summed E-state index contributed by atoms with van der Waals surface area (Å²) in [4.78, 5) is 12.2. The van der Waals surface area contributed by atoms with Crippen molar-refractivity contribution in [1.29, 1.82) is 0 Å². The minimum Gasteiger partial charge on any atom is -0.451 e. The molecule has 0 saturated heterocycles. The van der Waals surface area contributed by atoms with Gasteiger partial charge in [-0.1, -0.05) is 41.4 Å². The van der Waals surface area contributed by atoms with E-state index >= 15 is 0 Å². The molecule has 0 atom stereocenters.